The van der Waals surface area contributed by atoms with E-state index in [2.05, 4.69) is 6.07 Å². The molecule has 1 aliphatic rings. The van der Waals surface area contributed by atoms with E-state index >= 15 is 0 Å². The number of nitrogens with zero attached hydrogens (tertiary/aromatic N) is 1. The maximum atomic E-state index is 12.8. The lowest BCUT2D eigenvalue weighted by Crippen LogP contribution is -2.23. The van der Waals surface area contributed by atoms with Gasteiger partial charge >= 0.3 is 0 Å². The van der Waals surface area contributed by atoms with Crippen LogP contribution in [0.5, 0.6) is 0 Å². The van der Waals surface area contributed by atoms with E-state index in [1.54, 1.807) is 12.1 Å². The topological polar surface area (TPSA) is 40.9 Å². The standard InChI is InChI=1S/C14H16FNOS/c15-12-6-8-13(9-7-12)18(17)14-5-3-1-2-4-11(14)10-16/h6-9,11,14H,1-5H2. The van der Waals surface area contributed by atoms with Crippen LogP contribution in [-0.2, 0) is 10.8 Å². The third-order valence-corrected chi connectivity index (χ3v) is 5.29. The van der Waals surface area contributed by atoms with Crippen LogP contribution in [0, 0.1) is 23.1 Å². The minimum Gasteiger partial charge on any atom is -0.254 e. The summed E-state index contributed by atoms with van der Waals surface area (Å²) in [4.78, 5) is 0.628. The van der Waals surface area contributed by atoms with Crippen LogP contribution in [0.3, 0.4) is 0 Å². The lowest BCUT2D eigenvalue weighted by Gasteiger charge is -2.18. The van der Waals surface area contributed by atoms with E-state index in [0.29, 0.717) is 4.90 Å². The Labute approximate surface area is 109 Å². The molecule has 0 radical (unpaired) electrons. The summed E-state index contributed by atoms with van der Waals surface area (Å²) in [5.74, 6) is -0.466. The van der Waals surface area contributed by atoms with Gasteiger partial charge in [-0.05, 0) is 37.1 Å². The average molecular weight is 265 g/mol. The highest BCUT2D eigenvalue weighted by Crippen LogP contribution is 2.29. The zero-order valence-corrected chi connectivity index (χ0v) is 11.0. The van der Waals surface area contributed by atoms with Gasteiger partial charge in [0.1, 0.15) is 5.82 Å². The van der Waals surface area contributed by atoms with E-state index in [4.69, 9.17) is 0 Å². The van der Waals surface area contributed by atoms with E-state index in [1.165, 1.54) is 12.1 Å². The molecular formula is C14H16FNOS. The first-order valence-corrected chi connectivity index (χ1v) is 7.49. The molecule has 96 valence electrons. The molecule has 0 bridgehead atoms. The molecule has 3 atom stereocenters. The molecule has 4 heteroatoms. The highest BCUT2D eigenvalue weighted by Gasteiger charge is 2.29. The monoisotopic (exact) mass is 265 g/mol. The summed E-state index contributed by atoms with van der Waals surface area (Å²) in [6, 6.07) is 8.06. The van der Waals surface area contributed by atoms with Crippen molar-refractivity contribution in [2.45, 2.75) is 42.2 Å². The maximum absolute atomic E-state index is 12.8. The van der Waals surface area contributed by atoms with Gasteiger partial charge in [0, 0.05) is 4.90 Å². The van der Waals surface area contributed by atoms with Gasteiger partial charge in [-0.15, -0.1) is 0 Å². The Balaban J connectivity index is 2.20. The van der Waals surface area contributed by atoms with Crippen molar-refractivity contribution in [3.05, 3.63) is 30.1 Å². The summed E-state index contributed by atoms with van der Waals surface area (Å²) in [5.41, 5.74) is 0. The molecule has 1 aromatic rings. The molecule has 1 aliphatic carbocycles. The smallest absolute Gasteiger partial charge is 0.123 e. The van der Waals surface area contributed by atoms with Gasteiger partial charge in [-0.25, -0.2) is 4.39 Å². The molecular weight excluding hydrogens is 249 g/mol. The number of rotatable bonds is 2. The summed E-state index contributed by atoms with van der Waals surface area (Å²) in [5, 5.41) is 9.07. The van der Waals surface area contributed by atoms with Crippen LogP contribution in [0.1, 0.15) is 32.1 Å². The highest BCUT2D eigenvalue weighted by atomic mass is 32.2. The number of benzene rings is 1. The first kappa shape index (κ1) is 13.2. The number of halogens is 1. The van der Waals surface area contributed by atoms with Gasteiger partial charge in [0.2, 0.25) is 0 Å². The first-order chi connectivity index (χ1) is 8.72. The van der Waals surface area contributed by atoms with E-state index in [-0.39, 0.29) is 17.0 Å². The predicted octanol–water partition coefficient (Wildman–Crippen LogP) is 3.41. The summed E-state index contributed by atoms with van der Waals surface area (Å²) in [6.07, 6.45) is 4.82. The molecule has 0 amide bonds. The summed E-state index contributed by atoms with van der Waals surface area (Å²) >= 11 is 0. The van der Waals surface area contributed by atoms with Crippen molar-refractivity contribution in [2.75, 3.05) is 0 Å². The van der Waals surface area contributed by atoms with Crippen molar-refractivity contribution in [1.82, 2.24) is 0 Å². The Morgan fingerprint density at radius 3 is 2.50 bits per heavy atom. The fourth-order valence-electron chi connectivity index (χ4n) is 2.42. The van der Waals surface area contributed by atoms with E-state index in [0.717, 1.165) is 32.1 Å². The molecule has 1 aromatic carbocycles. The summed E-state index contributed by atoms with van der Waals surface area (Å²) in [6.45, 7) is 0. The van der Waals surface area contributed by atoms with Crippen LogP contribution in [0.2, 0.25) is 0 Å². The van der Waals surface area contributed by atoms with Crippen LogP contribution in [0.4, 0.5) is 4.39 Å². The third-order valence-electron chi connectivity index (χ3n) is 3.44. The van der Waals surface area contributed by atoms with Gasteiger partial charge < -0.3 is 0 Å². The normalized spacial score (nSPS) is 26.0. The van der Waals surface area contributed by atoms with Crippen molar-refractivity contribution in [2.24, 2.45) is 5.92 Å². The number of hydrogen-bond donors (Lipinski definition) is 0. The zero-order chi connectivity index (χ0) is 13.0. The fraction of sp³-hybridized carbons (Fsp3) is 0.500. The Hall–Kier alpha value is -1.21. The van der Waals surface area contributed by atoms with Crippen molar-refractivity contribution >= 4 is 10.8 Å². The van der Waals surface area contributed by atoms with Crippen LogP contribution in [-0.4, -0.2) is 9.46 Å². The van der Waals surface area contributed by atoms with Crippen molar-refractivity contribution in [3.8, 4) is 6.07 Å². The highest BCUT2D eigenvalue weighted by molar-refractivity contribution is 7.85. The molecule has 1 saturated carbocycles. The van der Waals surface area contributed by atoms with Gasteiger partial charge in [0.05, 0.1) is 28.0 Å². The van der Waals surface area contributed by atoms with Crippen LogP contribution < -0.4 is 0 Å². The maximum Gasteiger partial charge on any atom is 0.123 e. The first-order valence-electron chi connectivity index (χ1n) is 6.28. The van der Waals surface area contributed by atoms with Gasteiger partial charge in [0.25, 0.3) is 0 Å². The molecule has 0 aromatic heterocycles. The van der Waals surface area contributed by atoms with Crippen LogP contribution in [0.15, 0.2) is 29.2 Å². The number of nitriles is 1. The molecule has 0 spiro atoms. The molecule has 3 unspecified atom stereocenters. The third kappa shape index (κ3) is 2.97. The van der Waals surface area contributed by atoms with Gasteiger partial charge in [-0.1, -0.05) is 19.3 Å². The summed E-state index contributed by atoms with van der Waals surface area (Å²) in [7, 11) is -1.21. The molecule has 0 heterocycles. The Bertz CT molecular complexity index is 466. The molecule has 18 heavy (non-hydrogen) atoms. The van der Waals surface area contributed by atoms with Crippen molar-refractivity contribution < 1.29 is 8.60 Å². The Morgan fingerprint density at radius 1 is 1.17 bits per heavy atom. The molecule has 0 N–H and O–H groups in total. The zero-order valence-electron chi connectivity index (χ0n) is 10.1. The minimum atomic E-state index is -1.21. The van der Waals surface area contributed by atoms with Gasteiger partial charge in [-0.3, -0.25) is 4.21 Å². The second-order valence-electron chi connectivity index (χ2n) is 4.66. The molecule has 1 fully saturated rings. The molecule has 2 rings (SSSR count). The fourth-order valence-corrected chi connectivity index (χ4v) is 4.05. The van der Waals surface area contributed by atoms with Crippen molar-refractivity contribution in [1.29, 1.82) is 5.26 Å². The summed E-state index contributed by atoms with van der Waals surface area (Å²) < 4.78 is 25.3. The van der Waals surface area contributed by atoms with E-state index in [1.807, 2.05) is 0 Å². The van der Waals surface area contributed by atoms with E-state index in [9.17, 15) is 13.9 Å². The quantitative estimate of drug-likeness (QED) is 0.769. The Kier molecular flexibility index (Phi) is 4.48. The average Bonchev–Trinajstić information content (AvgIpc) is 2.63. The second kappa shape index (κ2) is 6.10. The van der Waals surface area contributed by atoms with Crippen LogP contribution in [0.25, 0.3) is 0 Å². The SMILES string of the molecule is N#CC1CCCCCC1S(=O)c1ccc(F)cc1. The van der Waals surface area contributed by atoms with Crippen molar-refractivity contribution in [3.63, 3.8) is 0 Å². The predicted molar refractivity (Wildman–Crippen MR) is 68.8 cm³/mol. The second-order valence-corrected chi connectivity index (χ2v) is 6.34. The largest absolute Gasteiger partial charge is 0.254 e. The van der Waals surface area contributed by atoms with Gasteiger partial charge in [-0.2, -0.15) is 5.26 Å². The Morgan fingerprint density at radius 2 is 1.83 bits per heavy atom. The molecule has 0 saturated heterocycles. The van der Waals surface area contributed by atoms with Crippen LogP contribution >= 0.6 is 0 Å². The van der Waals surface area contributed by atoms with E-state index < -0.39 is 10.8 Å². The lowest BCUT2D eigenvalue weighted by atomic mass is 10.0. The molecule has 2 nitrogen and oxygen atoms in total. The number of hydrogen-bond acceptors (Lipinski definition) is 2. The minimum absolute atomic E-state index is 0.108. The van der Waals surface area contributed by atoms with Gasteiger partial charge in [0.15, 0.2) is 0 Å². The lowest BCUT2D eigenvalue weighted by molar-refractivity contribution is 0.564. The molecule has 0 aliphatic heterocycles.